The largest absolute Gasteiger partial charge is 0.383 e. The van der Waals surface area contributed by atoms with Crippen molar-refractivity contribution in [1.29, 1.82) is 0 Å². The second-order valence-corrected chi connectivity index (χ2v) is 6.05. The average Bonchev–Trinajstić information content (AvgIpc) is 2.48. The summed E-state index contributed by atoms with van der Waals surface area (Å²) in [6.45, 7) is 5.21. The van der Waals surface area contributed by atoms with E-state index in [1.165, 1.54) is 12.5 Å². The van der Waals surface area contributed by atoms with Crippen LogP contribution < -0.4 is 5.32 Å². The van der Waals surface area contributed by atoms with Crippen LogP contribution in [0.4, 0.5) is 4.39 Å². The van der Waals surface area contributed by atoms with Gasteiger partial charge in [-0.25, -0.2) is 4.39 Å². The Bertz CT molecular complexity index is 424. The van der Waals surface area contributed by atoms with Gasteiger partial charge in [-0.15, -0.1) is 0 Å². The van der Waals surface area contributed by atoms with E-state index in [4.69, 9.17) is 16.3 Å². The molecule has 3 nitrogen and oxygen atoms in total. The SMILES string of the molecule is COCCNCC1CCCN(Cc2c(F)cccc2Cl)C1. The number of nitrogens with one attached hydrogen (secondary N) is 1. The molecule has 1 aromatic carbocycles. The summed E-state index contributed by atoms with van der Waals surface area (Å²) in [4.78, 5) is 2.30. The van der Waals surface area contributed by atoms with Crippen molar-refractivity contribution in [3.8, 4) is 0 Å². The third-order valence-corrected chi connectivity index (χ3v) is 4.32. The number of methoxy groups -OCH3 is 1. The van der Waals surface area contributed by atoms with Crippen LogP contribution in [0.25, 0.3) is 0 Å². The number of hydrogen-bond acceptors (Lipinski definition) is 3. The fraction of sp³-hybridized carbons (Fsp3) is 0.625. The monoisotopic (exact) mass is 314 g/mol. The average molecular weight is 315 g/mol. The molecule has 118 valence electrons. The number of nitrogens with zero attached hydrogens (tertiary/aromatic N) is 1. The molecule has 1 N–H and O–H groups in total. The van der Waals surface area contributed by atoms with Crippen molar-refractivity contribution in [2.75, 3.05) is 39.9 Å². The summed E-state index contributed by atoms with van der Waals surface area (Å²) in [5.74, 6) is 0.406. The van der Waals surface area contributed by atoms with Crippen LogP contribution in [0.1, 0.15) is 18.4 Å². The van der Waals surface area contributed by atoms with E-state index in [-0.39, 0.29) is 5.82 Å². The molecule has 0 amide bonds. The van der Waals surface area contributed by atoms with Crippen molar-refractivity contribution < 1.29 is 9.13 Å². The Labute approximate surface area is 131 Å². The van der Waals surface area contributed by atoms with Crippen molar-refractivity contribution in [3.63, 3.8) is 0 Å². The maximum absolute atomic E-state index is 13.9. The molecule has 2 rings (SSSR count). The van der Waals surface area contributed by atoms with Crippen LogP contribution in [-0.2, 0) is 11.3 Å². The van der Waals surface area contributed by atoms with E-state index in [9.17, 15) is 4.39 Å². The first-order valence-electron chi connectivity index (χ1n) is 7.55. The molecule has 0 bridgehead atoms. The van der Waals surface area contributed by atoms with Gasteiger partial charge in [0.05, 0.1) is 6.61 Å². The Balaban J connectivity index is 1.83. The predicted octanol–water partition coefficient (Wildman–Crippen LogP) is 2.93. The lowest BCUT2D eigenvalue weighted by Crippen LogP contribution is -2.39. The Kier molecular flexibility index (Phi) is 6.90. The highest BCUT2D eigenvalue weighted by molar-refractivity contribution is 6.31. The highest BCUT2D eigenvalue weighted by atomic mass is 35.5. The van der Waals surface area contributed by atoms with Gasteiger partial charge >= 0.3 is 0 Å². The molecule has 1 saturated heterocycles. The molecule has 0 spiro atoms. The van der Waals surface area contributed by atoms with Gasteiger partial charge < -0.3 is 10.1 Å². The quantitative estimate of drug-likeness (QED) is 0.783. The van der Waals surface area contributed by atoms with E-state index in [0.29, 0.717) is 23.0 Å². The zero-order chi connectivity index (χ0) is 15.1. The second-order valence-electron chi connectivity index (χ2n) is 5.64. The van der Waals surface area contributed by atoms with E-state index >= 15 is 0 Å². The lowest BCUT2D eigenvalue weighted by molar-refractivity contribution is 0.158. The van der Waals surface area contributed by atoms with Crippen molar-refractivity contribution in [2.24, 2.45) is 5.92 Å². The molecule has 21 heavy (non-hydrogen) atoms. The number of rotatable bonds is 7. The smallest absolute Gasteiger partial charge is 0.129 e. The minimum absolute atomic E-state index is 0.206. The van der Waals surface area contributed by atoms with Crippen molar-refractivity contribution >= 4 is 11.6 Å². The first-order chi connectivity index (χ1) is 10.2. The molecule has 0 aromatic heterocycles. The molecular formula is C16H24ClFN2O. The number of ether oxygens (including phenoxy) is 1. The Morgan fingerprint density at radius 1 is 1.48 bits per heavy atom. The number of halogens is 2. The maximum atomic E-state index is 13.9. The van der Waals surface area contributed by atoms with Gasteiger partial charge in [-0.3, -0.25) is 4.90 Å². The molecule has 0 radical (unpaired) electrons. The van der Waals surface area contributed by atoms with E-state index in [2.05, 4.69) is 10.2 Å². The Morgan fingerprint density at radius 2 is 2.33 bits per heavy atom. The number of piperidine rings is 1. The van der Waals surface area contributed by atoms with E-state index in [1.807, 2.05) is 0 Å². The Hall–Kier alpha value is -0.680. The number of hydrogen-bond donors (Lipinski definition) is 1. The van der Waals surface area contributed by atoms with Gasteiger partial charge in [0.25, 0.3) is 0 Å². The predicted molar refractivity (Wildman–Crippen MR) is 84.2 cm³/mol. The zero-order valence-corrected chi connectivity index (χ0v) is 13.3. The van der Waals surface area contributed by atoms with E-state index in [1.54, 1.807) is 19.2 Å². The molecule has 1 heterocycles. The highest BCUT2D eigenvalue weighted by Gasteiger charge is 2.21. The zero-order valence-electron chi connectivity index (χ0n) is 12.6. The first-order valence-corrected chi connectivity index (χ1v) is 7.93. The summed E-state index contributed by atoms with van der Waals surface area (Å²) in [5, 5.41) is 3.93. The van der Waals surface area contributed by atoms with Gasteiger partial charge in [-0.1, -0.05) is 17.7 Å². The van der Waals surface area contributed by atoms with Gasteiger partial charge in [0.1, 0.15) is 5.82 Å². The Morgan fingerprint density at radius 3 is 3.10 bits per heavy atom. The van der Waals surface area contributed by atoms with Gasteiger partial charge in [0.15, 0.2) is 0 Å². The van der Waals surface area contributed by atoms with Crippen LogP contribution in [0, 0.1) is 11.7 Å². The maximum Gasteiger partial charge on any atom is 0.129 e. The van der Waals surface area contributed by atoms with E-state index < -0.39 is 0 Å². The van der Waals surface area contributed by atoms with Crippen molar-refractivity contribution in [3.05, 3.63) is 34.6 Å². The summed E-state index contributed by atoms with van der Waals surface area (Å²) in [6.07, 6.45) is 2.38. The van der Waals surface area contributed by atoms with Crippen LogP contribution >= 0.6 is 11.6 Å². The molecule has 1 aliphatic heterocycles. The van der Waals surface area contributed by atoms with Gasteiger partial charge in [-0.05, 0) is 44.0 Å². The van der Waals surface area contributed by atoms with Crippen molar-refractivity contribution in [1.82, 2.24) is 10.2 Å². The fourth-order valence-electron chi connectivity index (χ4n) is 2.85. The third kappa shape index (κ3) is 5.22. The molecule has 1 aliphatic rings. The molecule has 0 aliphatic carbocycles. The van der Waals surface area contributed by atoms with Crippen LogP contribution in [0.15, 0.2) is 18.2 Å². The molecule has 1 unspecified atom stereocenters. The minimum atomic E-state index is -0.206. The molecule has 1 atom stereocenters. The van der Waals surface area contributed by atoms with Gasteiger partial charge in [0.2, 0.25) is 0 Å². The summed E-state index contributed by atoms with van der Waals surface area (Å²) in [7, 11) is 1.71. The summed E-state index contributed by atoms with van der Waals surface area (Å²) >= 11 is 6.11. The molecule has 1 aromatic rings. The van der Waals surface area contributed by atoms with Crippen molar-refractivity contribution in [2.45, 2.75) is 19.4 Å². The third-order valence-electron chi connectivity index (χ3n) is 3.96. The molecule has 0 saturated carbocycles. The minimum Gasteiger partial charge on any atom is -0.383 e. The topological polar surface area (TPSA) is 24.5 Å². The summed E-state index contributed by atoms with van der Waals surface area (Å²) < 4.78 is 18.9. The fourth-order valence-corrected chi connectivity index (χ4v) is 3.07. The molecule has 5 heteroatoms. The van der Waals surface area contributed by atoms with Crippen LogP contribution in [-0.4, -0.2) is 44.8 Å². The van der Waals surface area contributed by atoms with Crippen LogP contribution in [0.5, 0.6) is 0 Å². The summed E-state index contributed by atoms with van der Waals surface area (Å²) in [6, 6.07) is 4.89. The molecule has 1 fully saturated rings. The van der Waals surface area contributed by atoms with Crippen LogP contribution in [0.3, 0.4) is 0 Å². The summed E-state index contributed by atoms with van der Waals surface area (Å²) in [5.41, 5.74) is 0.618. The lowest BCUT2D eigenvalue weighted by Gasteiger charge is -2.33. The van der Waals surface area contributed by atoms with Crippen LogP contribution in [0.2, 0.25) is 5.02 Å². The molecular weight excluding hydrogens is 291 g/mol. The number of benzene rings is 1. The normalized spacial score (nSPS) is 19.9. The van der Waals surface area contributed by atoms with Gasteiger partial charge in [0, 0.05) is 37.3 Å². The van der Waals surface area contributed by atoms with E-state index in [0.717, 1.165) is 39.2 Å². The lowest BCUT2D eigenvalue weighted by atomic mass is 9.97. The first kappa shape index (κ1) is 16.7. The number of likely N-dealkylation sites (tertiary alicyclic amines) is 1. The highest BCUT2D eigenvalue weighted by Crippen LogP contribution is 2.24. The standard InChI is InChI=1S/C16H24ClFN2O/c1-21-9-7-19-10-13-4-3-8-20(11-13)12-14-15(17)5-2-6-16(14)18/h2,5-6,13,19H,3-4,7-12H2,1H3. The van der Waals surface area contributed by atoms with Gasteiger partial charge in [-0.2, -0.15) is 0 Å². The second kappa shape index (κ2) is 8.69.